The SMILES string of the molecule is CN(CC1CC(Cl)C1)S(=O)(=O)c1cc(Cl)cc(Cl)c1. The second kappa shape index (κ2) is 5.78. The van der Waals surface area contributed by atoms with Crippen molar-refractivity contribution in [2.24, 2.45) is 5.92 Å². The summed E-state index contributed by atoms with van der Waals surface area (Å²) in [5.41, 5.74) is 0. The maximum absolute atomic E-state index is 12.4. The molecule has 0 aromatic heterocycles. The van der Waals surface area contributed by atoms with Gasteiger partial charge in [0.05, 0.1) is 4.90 Å². The van der Waals surface area contributed by atoms with Crippen molar-refractivity contribution in [3.8, 4) is 0 Å². The highest BCUT2D eigenvalue weighted by molar-refractivity contribution is 7.89. The smallest absolute Gasteiger partial charge is 0.207 e. The van der Waals surface area contributed by atoms with Gasteiger partial charge >= 0.3 is 0 Å². The molecule has 1 aliphatic rings. The molecule has 0 unspecified atom stereocenters. The van der Waals surface area contributed by atoms with Gasteiger partial charge in [0.2, 0.25) is 10.0 Å². The van der Waals surface area contributed by atoms with Crippen molar-refractivity contribution in [3.05, 3.63) is 28.2 Å². The third-order valence-corrected chi connectivity index (χ3v) is 5.83. The van der Waals surface area contributed by atoms with E-state index in [1.165, 1.54) is 22.5 Å². The molecular weight excluding hydrogens is 329 g/mol. The zero-order valence-electron chi connectivity index (χ0n) is 10.3. The minimum absolute atomic E-state index is 0.120. The van der Waals surface area contributed by atoms with Gasteiger partial charge in [-0.3, -0.25) is 0 Å². The van der Waals surface area contributed by atoms with Gasteiger partial charge in [0.25, 0.3) is 0 Å². The predicted octanol–water partition coefficient (Wildman–Crippen LogP) is 3.63. The molecule has 0 amide bonds. The Morgan fingerprint density at radius 2 is 1.74 bits per heavy atom. The highest BCUT2D eigenvalue weighted by Crippen LogP contribution is 2.33. The molecule has 0 spiro atoms. The molecule has 0 saturated heterocycles. The lowest BCUT2D eigenvalue weighted by Gasteiger charge is -2.33. The van der Waals surface area contributed by atoms with Crippen LogP contribution in [-0.2, 0) is 10.0 Å². The molecule has 1 aromatic rings. The fraction of sp³-hybridized carbons (Fsp3) is 0.500. The van der Waals surface area contributed by atoms with Gasteiger partial charge in [-0.2, -0.15) is 0 Å². The Bertz CT molecular complexity index is 550. The maximum atomic E-state index is 12.4. The van der Waals surface area contributed by atoms with Crippen LogP contribution in [-0.4, -0.2) is 31.7 Å². The Hall–Kier alpha value is -0.000000000000000111. The molecule has 1 saturated carbocycles. The summed E-state index contributed by atoms with van der Waals surface area (Å²) < 4.78 is 26.1. The van der Waals surface area contributed by atoms with Gasteiger partial charge < -0.3 is 0 Å². The van der Waals surface area contributed by atoms with Crippen LogP contribution < -0.4 is 0 Å². The Kier molecular flexibility index (Phi) is 4.68. The van der Waals surface area contributed by atoms with E-state index in [0.29, 0.717) is 22.5 Å². The first-order valence-corrected chi connectivity index (χ1v) is 8.49. The van der Waals surface area contributed by atoms with Crippen LogP contribution in [0.1, 0.15) is 12.8 Å². The number of nitrogens with zero attached hydrogens (tertiary/aromatic N) is 1. The average Bonchev–Trinajstić information content (AvgIpc) is 2.25. The normalized spacial score (nSPS) is 23.4. The second-order valence-corrected chi connectivity index (χ2v) is 8.36. The molecule has 2 rings (SSSR count). The molecule has 1 aliphatic carbocycles. The lowest BCUT2D eigenvalue weighted by Crippen LogP contribution is -2.37. The molecule has 0 N–H and O–H groups in total. The lowest BCUT2D eigenvalue weighted by atomic mass is 9.85. The molecule has 19 heavy (non-hydrogen) atoms. The summed E-state index contributed by atoms with van der Waals surface area (Å²) in [7, 11) is -1.99. The van der Waals surface area contributed by atoms with Crippen molar-refractivity contribution in [1.82, 2.24) is 4.31 Å². The summed E-state index contributed by atoms with van der Waals surface area (Å²) in [4.78, 5) is 0.120. The highest BCUT2D eigenvalue weighted by atomic mass is 35.5. The van der Waals surface area contributed by atoms with Gasteiger partial charge in [0.15, 0.2) is 0 Å². The number of sulfonamides is 1. The number of hydrogen-bond acceptors (Lipinski definition) is 2. The summed E-state index contributed by atoms with van der Waals surface area (Å²) in [5.74, 6) is 0.330. The van der Waals surface area contributed by atoms with Crippen molar-refractivity contribution < 1.29 is 8.42 Å². The zero-order valence-corrected chi connectivity index (χ0v) is 13.4. The van der Waals surface area contributed by atoms with E-state index in [0.717, 1.165) is 12.8 Å². The van der Waals surface area contributed by atoms with E-state index in [4.69, 9.17) is 34.8 Å². The van der Waals surface area contributed by atoms with E-state index in [9.17, 15) is 8.42 Å². The van der Waals surface area contributed by atoms with Crippen molar-refractivity contribution in [2.75, 3.05) is 13.6 Å². The summed E-state index contributed by atoms with van der Waals surface area (Å²) in [6, 6.07) is 4.32. The topological polar surface area (TPSA) is 37.4 Å². The molecule has 0 aliphatic heterocycles. The Morgan fingerprint density at radius 1 is 1.21 bits per heavy atom. The van der Waals surface area contributed by atoms with Gasteiger partial charge in [-0.15, -0.1) is 11.6 Å². The molecule has 0 heterocycles. The van der Waals surface area contributed by atoms with Gasteiger partial charge in [-0.05, 0) is 37.0 Å². The summed E-state index contributed by atoms with van der Waals surface area (Å²) in [5, 5.41) is 0.801. The standard InChI is InChI=1S/C12H14Cl3NO2S/c1-16(7-8-2-9(13)3-8)19(17,18)12-5-10(14)4-11(15)6-12/h4-6,8-9H,2-3,7H2,1H3. The molecule has 0 radical (unpaired) electrons. The van der Waals surface area contributed by atoms with Crippen molar-refractivity contribution in [3.63, 3.8) is 0 Å². The maximum Gasteiger partial charge on any atom is 0.242 e. The third-order valence-electron chi connectivity index (χ3n) is 3.24. The molecule has 0 bridgehead atoms. The molecular formula is C12H14Cl3NO2S. The molecule has 106 valence electrons. The van der Waals surface area contributed by atoms with Crippen molar-refractivity contribution >= 4 is 44.8 Å². The first-order valence-electron chi connectivity index (χ1n) is 5.85. The van der Waals surface area contributed by atoms with E-state index in [2.05, 4.69) is 0 Å². The number of hydrogen-bond donors (Lipinski definition) is 0. The number of alkyl halides is 1. The van der Waals surface area contributed by atoms with E-state index >= 15 is 0 Å². The van der Waals surface area contributed by atoms with Gasteiger partial charge in [0.1, 0.15) is 0 Å². The van der Waals surface area contributed by atoms with Gasteiger partial charge in [0, 0.05) is 29.0 Å². The minimum atomic E-state index is -3.55. The van der Waals surface area contributed by atoms with E-state index in [1.807, 2.05) is 0 Å². The largest absolute Gasteiger partial charge is 0.242 e. The minimum Gasteiger partial charge on any atom is -0.207 e. The third kappa shape index (κ3) is 3.56. The quantitative estimate of drug-likeness (QED) is 0.784. The van der Waals surface area contributed by atoms with Crippen LogP contribution in [0.3, 0.4) is 0 Å². The summed E-state index contributed by atoms with van der Waals surface area (Å²) in [6.45, 7) is 0.468. The molecule has 1 aromatic carbocycles. The van der Waals surface area contributed by atoms with E-state index in [1.54, 1.807) is 7.05 Å². The van der Waals surface area contributed by atoms with Crippen LogP contribution in [0.5, 0.6) is 0 Å². The van der Waals surface area contributed by atoms with Crippen molar-refractivity contribution in [1.29, 1.82) is 0 Å². The zero-order chi connectivity index (χ0) is 14.2. The van der Waals surface area contributed by atoms with E-state index < -0.39 is 10.0 Å². The van der Waals surface area contributed by atoms with E-state index in [-0.39, 0.29) is 10.3 Å². The molecule has 3 nitrogen and oxygen atoms in total. The fourth-order valence-electron chi connectivity index (χ4n) is 2.12. The van der Waals surface area contributed by atoms with Gasteiger partial charge in [-0.25, -0.2) is 12.7 Å². The summed E-state index contributed by atoms with van der Waals surface area (Å²) in [6.07, 6.45) is 1.72. The second-order valence-electron chi connectivity index (χ2n) is 4.83. The van der Waals surface area contributed by atoms with Crippen LogP contribution in [0.25, 0.3) is 0 Å². The number of benzene rings is 1. The molecule has 7 heteroatoms. The van der Waals surface area contributed by atoms with Crippen molar-refractivity contribution in [2.45, 2.75) is 23.1 Å². The Morgan fingerprint density at radius 3 is 2.21 bits per heavy atom. The van der Waals surface area contributed by atoms with Crippen LogP contribution in [0.15, 0.2) is 23.1 Å². The van der Waals surface area contributed by atoms with Crippen LogP contribution >= 0.6 is 34.8 Å². The van der Waals surface area contributed by atoms with Crippen LogP contribution in [0.4, 0.5) is 0 Å². The lowest BCUT2D eigenvalue weighted by molar-refractivity contribution is 0.268. The predicted molar refractivity (Wildman–Crippen MR) is 78.6 cm³/mol. The first kappa shape index (κ1) is 15.4. The number of halogens is 3. The Balaban J connectivity index is 2.16. The average molecular weight is 343 g/mol. The Labute approximate surface area is 128 Å². The fourth-order valence-corrected chi connectivity index (χ4v) is 4.60. The van der Waals surface area contributed by atoms with Gasteiger partial charge in [-0.1, -0.05) is 23.2 Å². The molecule has 1 fully saturated rings. The number of rotatable bonds is 4. The van der Waals surface area contributed by atoms with Crippen LogP contribution in [0.2, 0.25) is 10.0 Å². The summed E-state index contributed by atoms with van der Waals surface area (Å²) >= 11 is 17.6. The van der Waals surface area contributed by atoms with Crippen LogP contribution in [0, 0.1) is 5.92 Å². The first-order chi connectivity index (χ1) is 8.79. The highest BCUT2D eigenvalue weighted by Gasteiger charge is 2.31. The molecule has 0 atom stereocenters. The monoisotopic (exact) mass is 341 g/mol.